The summed E-state index contributed by atoms with van der Waals surface area (Å²) in [5.41, 5.74) is 0.543. The van der Waals surface area contributed by atoms with Gasteiger partial charge in [-0.05, 0) is 50.7 Å². The van der Waals surface area contributed by atoms with Gasteiger partial charge in [0.2, 0.25) is 11.8 Å². The molecule has 1 saturated heterocycles. The third-order valence-electron chi connectivity index (χ3n) is 10.5. The number of thiazole rings is 1. The fourth-order valence-electron chi connectivity index (χ4n) is 7.43. The van der Waals surface area contributed by atoms with Crippen LogP contribution in [0.1, 0.15) is 69.9 Å². The Balaban J connectivity index is 1.34. The smallest absolute Gasteiger partial charge is 0.330 e. The highest BCUT2D eigenvalue weighted by Gasteiger charge is 2.61. The van der Waals surface area contributed by atoms with Crippen LogP contribution in [0.25, 0.3) is 22.3 Å². The van der Waals surface area contributed by atoms with Crippen LogP contribution >= 0.6 is 11.3 Å². The minimum Gasteiger partial charge on any atom is -0.496 e. The summed E-state index contributed by atoms with van der Waals surface area (Å²) < 4.78 is 12.3. The van der Waals surface area contributed by atoms with E-state index in [2.05, 4.69) is 27.5 Å². The van der Waals surface area contributed by atoms with E-state index in [0.717, 1.165) is 36.3 Å². The molecule has 1 aliphatic heterocycles. The second kappa shape index (κ2) is 14.4. The third-order valence-corrected chi connectivity index (χ3v) is 11.3. The first-order valence-corrected chi connectivity index (χ1v) is 18.7. The number of urea groups is 1. The average molecular weight is 733 g/mol. The molecule has 3 aromatic rings. The molecule has 3 heterocycles. The molecule has 2 aromatic heterocycles. The number of rotatable bonds is 11. The predicted molar refractivity (Wildman–Crippen MR) is 197 cm³/mol. The van der Waals surface area contributed by atoms with Gasteiger partial charge in [0.05, 0.1) is 35.6 Å². The summed E-state index contributed by atoms with van der Waals surface area (Å²) in [7, 11) is 1.60. The quantitative estimate of drug-likeness (QED) is 0.195. The van der Waals surface area contributed by atoms with Gasteiger partial charge in [-0.2, -0.15) is 0 Å². The Hall–Kier alpha value is -4.72. The van der Waals surface area contributed by atoms with E-state index < -0.39 is 58.9 Å². The number of carbonyl (C=O) groups is 4. The van der Waals surface area contributed by atoms with Gasteiger partial charge in [-0.15, -0.1) is 17.9 Å². The van der Waals surface area contributed by atoms with Gasteiger partial charge in [-0.25, -0.2) is 19.6 Å². The molecule has 13 nitrogen and oxygen atoms in total. The number of fused-ring (bicyclic) bond motifs is 1. The summed E-state index contributed by atoms with van der Waals surface area (Å²) in [6.07, 6.45) is 4.98. The molecule has 1 aromatic carbocycles. The zero-order valence-electron chi connectivity index (χ0n) is 30.6. The van der Waals surface area contributed by atoms with Crippen molar-refractivity contribution in [2.24, 2.45) is 11.3 Å². The van der Waals surface area contributed by atoms with Crippen LogP contribution in [-0.4, -0.2) is 87.2 Å². The third kappa shape index (κ3) is 7.30. The fourth-order valence-corrected chi connectivity index (χ4v) is 8.03. The van der Waals surface area contributed by atoms with E-state index in [1.54, 1.807) is 7.11 Å². The van der Waals surface area contributed by atoms with Crippen molar-refractivity contribution in [1.82, 2.24) is 30.8 Å². The molecule has 3 aliphatic rings. The summed E-state index contributed by atoms with van der Waals surface area (Å²) in [6.45, 7) is 13.1. The molecule has 0 radical (unpaired) electrons. The molecular formula is C38H48N6O7S. The number of carboxylic acids is 1. The Morgan fingerprint density at radius 1 is 1.12 bits per heavy atom. The van der Waals surface area contributed by atoms with Crippen LogP contribution in [0.5, 0.6) is 11.5 Å². The molecule has 14 heteroatoms. The Morgan fingerprint density at radius 2 is 1.85 bits per heavy atom. The number of amides is 4. The minimum absolute atomic E-state index is 0.0183. The number of aryl methyl sites for hydroxylation is 2. The van der Waals surface area contributed by atoms with Crippen LogP contribution in [0.15, 0.2) is 36.2 Å². The highest BCUT2D eigenvalue weighted by Crippen LogP contribution is 2.45. The zero-order valence-corrected chi connectivity index (χ0v) is 31.4. The highest BCUT2D eigenvalue weighted by molar-refractivity contribution is 7.09. The Labute approximate surface area is 307 Å². The van der Waals surface area contributed by atoms with Crippen molar-refractivity contribution in [1.29, 1.82) is 0 Å². The van der Waals surface area contributed by atoms with Crippen LogP contribution in [0.2, 0.25) is 0 Å². The molecule has 5 atom stereocenters. The van der Waals surface area contributed by atoms with Crippen molar-refractivity contribution >= 4 is 46.1 Å². The Bertz CT molecular complexity index is 1900. The molecule has 0 spiro atoms. The fraction of sp³-hybridized carbons (Fsp3) is 0.526. The van der Waals surface area contributed by atoms with Gasteiger partial charge in [0, 0.05) is 40.8 Å². The molecule has 52 heavy (non-hydrogen) atoms. The summed E-state index contributed by atoms with van der Waals surface area (Å²) in [5.74, 6) is -1.51. The first kappa shape index (κ1) is 37.1. The van der Waals surface area contributed by atoms with Gasteiger partial charge >= 0.3 is 12.0 Å². The molecule has 2 saturated carbocycles. The van der Waals surface area contributed by atoms with Crippen LogP contribution in [0, 0.1) is 25.2 Å². The lowest BCUT2D eigenvalue weighted by atomic mass is 9.85. The number of methoxy groups -OCH3 is 1. The number of nitrogens with one attached hydrogen (secondary N) is 3. The summed E-state index contributed by atoms with van der Waals surface area (Å²) >= 11 is 1.51. The summed E-state index contributed by atoms with van der Waals surface area (Å²) in [4.78, 5) is 65.2. The lowest BCUT2D eigenvalue weighted by Crippen LogP contribution is -2.60. The minimum atomic E-state index is -1.49. The maximum atomic E-state index is 14.6. The van der Waals surface area contributed by atoms with Gasteiger partial charge in [0.15, 0.2) is 0 Å². The normalized spacial score (nSPS) is 23.6. The summed E-state index contributed by atoms with van der Waals surface area (Å²) in [5, 5.41) is 22.2. The van der Waals surface area contributed by atoms with E-state index in [0.29, 0.717) is 33.8 Å². The molecule has 278 valence electrons. The molecule has 3 fully saturated rings. The standard InChI is InChI=1S/C38H48N6O7S/c1-8-22-17-38(22,35(47)48)43-33(45)28-15-24(18-44(28)34(46)32(37(4,5)6)42-36(49)40-23-11-9-10-12-23)51-30-16-26(27-19-52-21(3)39-27)41-31-20(2)29(50-7)14-13-25(30)31/h8,13-14,16,19,22-24,28,32H,1,9-12,15,17-18H2,2-7H3,(H,43,45)(H,47,48)(H2,40,42,49)/t22-,24-,28+,32-,38-/m1/s1. The van der Waals surface area contributed by atoms with E-state index in [1.165, 1.54) is 22.3 Å². The number of aromatic nitrogens is 2. The first-order valence-electron chi connectivity index (χ1n) is 17.8. The molecule has 4 amide bonds. The Morgan fingerprint density at radius 3 is 2.44 bits per heavy atom. The molecule has 4 N–H and O–H groups in total. The van der Waals surface area contributed by atoms with Gasteiger partial charge in [0.25, 0.3) is 0 Å². The van der Waals surface area contributed by atoms with Crippen molar-refractivity contribution in [2.75, 3.05) is 13.7 Å². The van der Waals surface area contributed by atoms with Crippen LogP contribution in [0.4, 0.5) is 4.79 Å². The number of carbonyl (C=O) groups excluding carboxylic acids is 3. The number of carboxylic acid groups (broad SMARTS) is 1. The van der Waals surface area contributed by atoms with E-state index >= 15 is 0 Å². The molecule has 6 rings (SSSR count). The largest absolute Gasteiger partial charge is 0.496 e. The number of pyridine rings is 1. The first-order chi connectivity index (χ1) is 24.6. The van der Waals surface area contributed by atoms with Crippen LogP contribution in [0.3, 0.4) is 0 Å². The lowest BCUT2D eigenvalue weighted by molar-refractivity contribution is -0.146. The average Bonchev–Trinajstić information content (AvgIpc) is 3.49. The predicted octanol–water partition coefficient (Wildman–Crippen LogP) is 5.13. The van der Waals surface area contributed by atoms with E-state index in [9.17, 15) is 24.3 Å². The zero-order chi connectivity index (χ0) is 37.5. The second-order valence-electron chi connectivity index (χ2n) is 15.2. The van der Waals surface area contributed by atoms with Gasteiger partial charge in [-0.3, -0.25) is 9.59 Å². The molecule has 0 unspecified atom stereocenters. The number of hydrogen-bond acceptors (Lipinski definition) is 9. The highest BCUT2D eigenvalue weighted by atomic mass is 32.1. The maximum absolute atomic E-state index is 14.6. The number of ether oxygens (including phenoxy) is 2. The SMILES string of the molecule is C=C[C@@H]1C[C@]1(NC(=O)[C@@H]1C[C@@H](Oc2cc(-c3csc(C)n3)nc3c(C)c(OC)ccc23)CN1C(=O)[C@@H](NC(=O)NC1CCCC1)C(C)(C)C)C(=O)O. The van der Waals surface area contributed by atoms with Crippen molar-refractivity contribution in [3.63, 3.8) is 0 Å². The Kier molecular flexibility index (Phi) is 10.2. The van der Waals surface area contributed by atoms with Crippen molar-refractivity contribution in [2.45, 2.75) is 103 Å². The van der Waals surface area contributed by atoms with Crippen LogP contribution < -0.4 is 25.4 Å². The number of nitrogens with zero attached hydrogens (tertiary/aromatic N) is 3. The van der Waals surface area contributed by atoms with Crippen LogP contribution in [-0.2, 0) is 14.4 Å². The van der Waals surface area contributed by atoms with E-state index in [-0.39, 0.29) is 25.4 Å². The van der Waals surface area contributed by atoms with Crippen molar-refractivity contribution in [3.8, 4) is 22.9 Å². The van der Waals surface area contributed by atoms with E-state index in [4.69, 9.17) is 14.5 Å². The number of hydrogen-bond donors (Lipinski definition) is 4. The van der Waals surface area contributed by atoms with Gasteiger partial charge < -0.3 is 35.4 Å². The molecule has 0 bridgehead atoms. The number of aliphatic carboxylic acids is 1. The van der Waals surface area contributed by atoms with Crippen molar-refractivity contribution in [3.05, 3.63) is 46.8 Å². The molecule has 2 aliphatic carbocycles. The number of benzene rings is 1. The maximum Gasteiger partial charge on any atom is 0.330 e. The van der Waals surface area contributed by atoms with Gasteiger partial charge in [-0.1, -0.05) is 39.7 Å². The van der Waals surface area contributed by atoms with Gasteiger partial charge in [0.1, 0.15) is 35.2 Å². The second-order valence-corrected chi connectivity index (χ2v) is 16.3. The summed E-state index contributed by atoms with van der Waals surface area (Å²) in [6, 6.07) is 3.06. The number of likely N-dealkylation sites (tertiary alicyclic amines) is 1. The lowest BCUT2D eigenvalue weighted by Gasteiger charge is -2.35. The topological polar surface area (TPSA) is 172 Å². The monoisotopic (exact) mass is 732 g/mol. The van der Waals surface area contributed by atoms with E-state index in [1.807, 2.05) is 58.2 Å². The molecular weight excluding hydrogens is 685 g/mol. The van der Waals surface area contributed by atoms with Crippen molar-refractivity contribution < 1.29 is 33.8 Å².